The molecule has 0 spiro atoms. The van der Waals surface area contributed by atoms with Gasteiger partial charge in [-0.05, 0) is 61.3 Å². The Bertz CT molecular complexity index is 971. The molecule has 0 radical (unpaired) electrons. The average Bonchev–Trinajstić information content (AvgIpc) is 3.18. The van der Waals surface area contributed by atoms with Crippen molar-refractivity contribution in [1.82, 2.24) is 14.6 Å². The predicted molar refractivity (Wildman–Crippen MR) is 128 cm³/mol. The lowest BCUT2D eigenvalue weighted by atomic mass is 10.2. The van der Waals surface area contributed by atoms with Gasteiger partial charge in [-0.3, -0.25) is 9.69 Å². The Morgan fingerprint density at radius 2 is 1.87 bits per heavy atom. The molecular formula is C22H28ClN5OS. The standard InChI is InChI=1S/C22H27N5OS.ClH/c23-18-7-5-6-17(16-18)22(28)24-10-3-4-11-26-12-14-27(15-13-26)21-19-8-1-2-9-20(19)29-25-21;/h1-2,5-9,16H,3-4,10-15,23H2,(H,24,28);1H. The summed E-state index contributed by atoms with van der Waals surface area (Å²) in [5.41, 5.74) is 6.97. The van der Waals surface area contributed by atoms with Crippen molar-refractivity contribution in [2.24, 2.45) is 0 Å². The van der Waals surface area contributed by atoms with Gasteiger partial charge in [-0.15, -0.1) is 12.4 Å². The lowest BCUT2D eigenvalue weighted by Gasteiger charge is -2.35. The molecule has 30 heavy (non-hydrogen) atoms. The van der Waals surface area contributed by atoms with E-state index in [-0.39, 0.29) is 18.3 Å². The number of nitrogens with one attached hydrogen (secondary N) is 1. The van der Waals surface area contributed by atoms with Crippen LogP contribution in [-0.4, -0.2) is 54.4 Å². The molecule has 1 fully saturated rings. The highest BCUT2D eigenvalue weighted by atomic mass is 35.5. The second-order valence-electron chi connectivity index (χ2n) is 7.42. The van der Waals surface area contributed by atoms with E-state index in [0.29, 0.717) is 17.8 Å². The Morgan fingerprint density at radius 3 is 2.67 bits per heavy atom. The van der Waals surface area contributed by atoms with Crippen LogP contribution < -0.4 is 16.0 Å². The van der Waals surface area contributed by atoms with Gasteiger partial charge in [-0.25, -0.2) is 0 Å². The number of nitrogen functional groups attached to an aromatic ring is 1. The topological polar surface area (TPSA) is 74.5 Å². The van der Waals surface area contributed by atoms with Crippen LogP contribution in [0.2, 0.25) is 0 Å². The Hall–Kier alpha value is -2.35. The lowest BCUT2D eigenvalue weighted by molar-refractivity contribution is 0.0952. The quantitative estimate of drug-likeness (QED) is 0.429. The fourth-order valence-corrected chi connectivity index (χ4v) is 4.52. The van der Waals surface area contributed by atoms with Crippen LogP contribution in [0.4, 0.5) is 11.5 Å². The summed E-state index contributed by atoms with van der Waals surface area (Å²) in [4.78, 5) is 17.0. The van der Waals surface area contributed by atoms with Crippen LogP contribution >= 0.6 is 23.9 Å². The third kappa shape index (κ3) is 5.41. The monoisotopic (exact) mass is 445 g/mol. The van der Waals surface area contributed by atoms with Gasteiger partial charge >= 0.3 is 0 Å². The summed E-state index contributed by atoms with van der Waals surface area (Å²) in [5.74, 6) is 1.08. The van der Waals surface area contributed by atoms with Crippen molar-refractivity contribution in [1.29, 1.82) is 0 Å². The van der Waals surface area contributed by atoms with Crippen LogP contribution in [0, 0.1) is 0 Å². The third-order valence-electron chi connectivity index (χ3n) is 5.37. The van der Waals surface area contributed by atoms with Crippen LogP contribution in [0.3, 0.4) is 0 Å². The van der Waals surface area contributed by atoms with E-state index in [4.69, 9.17) is 5.73 Å². The van der Waals surface area contributed by atoms with E-state index in [1.165, 1.54) is 10.1 Å². The number of anilines is 2. The molecule has 1 saturated heterocycles. The molecule has 8 heteroatoms. The second kappa shape index (κ2) is 10.6. The first-order chi connectivity index (χ1) is 14.2. The molecule has 3 aromatic rings. The number of amides is 1. The number of halogens is 1. The number of hydrogen-bond donors (Lipinski definition) is 2. The van der Waals surface area contributed by atoms with E-state index in [1.807, 2.05) is 0 Å². The number of unbranched alkanes of at least 4 members (excludes halogenated alkanes) is 1. The molecular weight excluding hydrogens is 418 g/mol. The van der Waals surface area contributed by atoms with E-state index in [2.05, 4.69) is 43.8 Å². The molecule has 0 unspecified atom stereocenters. The van der Waals surface area contributed by atoms with Crippen molar-refractivity contribution in [3.05, 3.63) is 54.1 Å². The minimum atomic E-state index is -0.0543. The summed E-state index contributed by atoms with van der Waals surface area (Å²) in [5, 5.41) is 4.24. The van der Waals surface area contributed by atoms with E-state index in [1.54, 1.807) is 35.8 Å². The minimum absolute atomic E-state index is 0. The molecule has 2 aromatic carbocycles. The molecule has 0 bridgehead atoms. The zero-order chi connectivity index (χ0) is 20.1. The number of benzene rings is 2. The highest BCUT2D eigenvalue weighted by Gasteiger charge is 2.20. The minimum Gasteiger partial charge on any atom is -0.399 e. The molecule has 0 aliphatic carbocycles. The Balaban J connectivity index is 0.00000256. The molecule has 2 heterocycles. The third-order valence-corrected chi connectivity index (χ3v) is 6.18. The molecule has 1 amide bonds. The van der Waals surface area contributed by atoms with Gasteiger partial charge in [0.2, 0.25) is 0 Å². The Kier molecular flexibility index (Phi) is 7.90. The smallest absolute Gasteiger partial charge is 0.251 e. The Morgan fingerprint density at radius 1 is 1.07 bits per heavy atom. The zero-order valence-electron chi connectivity index (χ0n) is 16.9. The van der Waals surface area contributed by atoms with E-state index < -0.39 is 0 Å². The van der Waals surface area contributed by atoms with Crippen LogP contribution in [0.25, 0.3) is 10.1 Å². The van der Waals surface area contributed by atoms with Crippen molar-refractivity contribution in [3.63, 3.8) is 0 Å². The van der Waals surface area contributed by atoms with Crippen LogP contribution in [-0.2, 0) is 0 Å². The number of fused-ring (bicyclic) bond motifs is 1. The molecule has 1 aromatic heterocycles. The summed E-state index contributed by atoms with van der Waals surface area (Å²) >= 11 is 1.58. The summed E-state index contributed by atoms with van der Waals surface area (Å²) in [6.07, 6.45) is 2.06. The number of carbonyl (C=O) groups is 1. The van der Waals surface area contributed by atoms with Gasteiger partial charge in [-0.1, -0.05) is 18.2 Å². The SMILES string of the molecule is Cl.Nc1cccc(C(=O)NCCCCN2CCN(c3nsc4ccccc34)CC2)c1. The molecule has 160 valence electrons. The molecule has 1 aliphatic rings. The van der Waals surface area contributed by atoms with Gasteiger partial charge in [0.25, 0.3) is 5.91 Å². The molecule has 3 N–H and O–H groups in total. The molecule has 0 saturated carbocycles. The van der Waals surface area contributed by atoms with Gasteiger partial charge in [0.15, 0.2) is 0 Å². The van der Waals surface area contributed by atoms with Crippen molar-refractivity contribution in [3.8, 4) is 0 Å². The highest BCUT2D eigenvalue weighted by molar-refractivity contribution is 7.13. The first-order valence-electron chi connectivity index (χ1n) is 10.2. The number of hydrogen-bond acceptors (Lipinski definition) is 6. The first kappa shape index (κ1) is 22.3. The number of rotatable bonds is 7. The summed E-state index contributed by atoms with van der Waals surface area (Å²) in [6, 6.07) is 15.5. The Labute approximate surface area is 187 Å². The first-order valence-corrected chi connectivity index (χ1v) is 10.9. The number of piperazine rings is 1. The molecule has 4 rings (SSSR count). The number of carbonyl (C=O) groups excluding carboxylic acids is 1. The van der Waals surface area contributed by atoms with Crippen LogP contribution in [0.15, 0.2) is 48.5 Å². The average molecular weight is 446 g/mol. The second-order valence-corrected chi connectivity index (χ2v) is 8.22. The zero-order valence-corrected chi connectivity index (χ0v) is 18.6. The highest BCUT2D eigenvalue weighted by Crippen LogP contribution is 2.29. The maximum absolute atomic E-state index is 12.1. The van der Waals surface area contributed by atoms with Crippen molar-refractivity contribution in [2.75, 3.05) is 49.9 Å². The van der Waals surface area contributed by atoms with Crippen molar-refractivity contribution >= 4 is 51.4 Å². The van der Waals surface area contributed by atoms with Gasteiger partial charge in [-0.2, -0.15) is 4.37 Å². The van der Waals surface area contributed by atoms with Crippen molar-refractivity contribution < 1.29 is 4.79 Å². The maximum atomic E-state index is 12.1. The van der Waals surface area contributed by atoms with Crippen LogP contribution in [0.5, 0.6) is 0 Å². The molecule has 0 atom stereocenters. The predicted octanol–water partition coefficient (Wildman–Crippen LogP) is 3.63. The fourth-order valence-electron chi connectivity index (χ4n) is 3.73. The number of aromatic nitrogens is 1. The normalized spacial score (nSPS) is 14.5. The van der Waals surface area contributed by atoms with Crippen LogP contribution in [0.1, 0.15) is 23.2 Å². The van der Waals surface area contributed by atoms with Gasteiger partial charge in [0.1, 0.15) is 5.82 Å². The van der Waals surface area contributed by atoms with Gasteiger partial charge < -0.3 is 16.0 Å². The van der Waals surface area contributed by atoms with E-state index in [9.17, 15) is 4.79 Å². The van der Waals surface area contributed by atoms with Gasteiger partial charge in [0.05, 0.1) is 4.70 Å². The number of nitrogens with two attached hydrogens (primary N) is 1. The largest absolute Gasteiger partial charge is 0.399 e. The molecule has 6 nitrogen and oxygen atoms in total. The van der Waals surface area contributed by atoms with E-state index in [0.717, 1.165) is 51.4 Å². The fraction of sp³-hybridized carbons (Fsp3) is 0.364. The molecule has 1 aliphatic heterocycles. The van der Waals surface area contributed by atoms with Crippen molar-refractivity contribution in [2.45, 2.75) is 12.8 Å². The summed E-state index contributed by atoms with van der Waals surface area (Å²) < 4.78 is 5.93. The summed E-state index contributed by atoms with van der Waals surface area (Å²) in [7, 11) is 0. The summed E-state index contributed by atoms with van der Waals surface area (Å²) in [6.45, 7) is 5.90. The van der Waals surface area contributed by atoms with Gasteiger partial charge in [0, 0.05) is 49.4 Å². The van der Waals surface area contributed by atoms with E-state index >= 15 is 0 Å². The number of nitrogens with zero attached hydrogens (tertiary/aromatic N) is 3. The lowest BCUT2D eigenvalue weighted by Crippen LogP contribution is -2.46. The maximum Gasteiger partial charge on any atom is 0.251 e.